The molecule has 2 rings (SSSR count). The summed E-state index contributed by atoms with van der Waals surface area (Å²) in [7, 11) is 3.70. The molecule has 0 saturated heterocycles. The Morgan fingerprint density at radius 3 is 2.54 bits per heavy atom. The van der Waals surface area contributed by atoms with Crippen LogP contribution in [0.25, 0.3) is 0 Å². The third-order valence-corrected chi connectivity index (χ3v) is 4.26. The molecule has 0 saturated carbocycles. The van der Waals surface area contributed by atoms with Crippen LogP contribution in [0.15, 0.2) is 29.3 Å². The molecule has 6 nitrogen and oxygen atoms in total. The molecule has 0 fully saturated rings. The molecule has 1 atom stereocenters. The minimum atomic E-state index is -0.271. The monoisotopic (exact) mass is 361 g/mol. The molecular weight excluding hydrogens is 333 g/mol. The van der Waals surface area contributed by atoms with Crippen LogP contribution in [0, 0.1) is 19.7 Å². The van der Waals surface area contributed by atoms with Crippen molar-refractivity contribution in [1.29, 1.82) is 0 Å². The van der Waals surface area contributed by atoms with E-state index in [1.54, 1.807) is 19.2 Å². The normalized spacial score (nSPS) is 12.8. The first-order chi connectivity index (χ1) is 12.4. The van der Waals surface area contributed by atoms with Gasteiger partial charge in [-0.25, -0.2) is 4.39 Å². The average molecular weight is 361 g/mol. The fourth-order valence-corrected chi connectivity index (χ4v) is 2.73. The van der Waals surface area contributed by atoms with Gasteiger partial charge in [0.15, 0.2) is 5.96 Å². The van der Waals surface area contributed by atoms with Crippen molar-refractivity contribution in [2.24, 2.45) is 12.0 Å². The van der Waals surface area contributed by atoms with Gasteiger partial charge in [0.25, 0.3) is 0 Å². The lowest BCUT2D eigenvalue weighted by Crippen LogP contribution is -2.42. The minimum Gasteiger partial charge on any atom is -0.489 e. The molecule has 0 spiro atoms. The van der Waals surface area contributed by atoms with E-state index in [2.05, 4.69) is 27.6 Å². The van der Waals surface area contributed by atoms with E-state index in [0.29, 0.717) is 12.3 Å². The van der Waals surface area contributed by atoms with Gasteiger partial charge in [-0.2, -0.15) is 5.10 Å². The zero-order chi connectivity index (χ0) is 19.1. The van der Waals surface area contributed by atoms with E-state index in [9.17, 15) is 4.39 Å². The van der Waals surface area contributed by atoms with Gasteiger partial charge >= 0.3 is 0 Å². The maximum atomic E-state index is 12.9. The number of aryl methyl sites for hydroxylation is 2. The first-order valence-corrected chi connectivity index (χ1v) is 8.76. The average Bonchev–Trinajstić information content (AvgIpc) is 2.85. The number of halogens is 1. The summed E-state index contributed by atoms with van der Waals surface area (Å²) in [5, 5.41) is 11.0. The van der Waals surface area contributed by atoms with Crippen molar-refractivity contribution >= 4 is 5.96 Å². The largest absolute Gasteiger partial charge is 0.489 e. The second-order valence-corrected chi connectivity index (χ2v) is 6.29. The van der Waals surface area contributed by atoms with Crippen LogP contribution in [0.3, 0.4) is 0 Å². The number of ether oxygens (including phenoxy) is 1. The van der Waals surface area contributed by atoms with Gasteiger partial charge in [0.05, 0.1) is 12.2 Å². The lowest BCUT2D eigenvalue weighted by Gasteiger charge is -2.17. The molecule has 2 aromatic rings. The molecule has 2 N–H and O–H groups in total. The summed E-state index contributed by atoms with van der Waals surface area (Å²) in [5.41, 5.74) is 3.52. The van der Waals surface area contributed by atoms with Gasteiger partial charge in [0.1, 0.15) is 17.7 Å². The molecule has 0 bridgehead atoms. The fraction of sp³-hybridized carbons (Fsp3) is 0.474. The highest BCUT2D eigenvalue weighted by molar-refractivity contribution is 5.79. The van der Waals surface area contributed by atoms with Crippen molar-refractivity contribution in [3.63, 3.8) is 0 Å². The van der Waals surface area contributed by atoms with Crippen molar-refractivity contribution in [2.75, 3.05) is 20.1 Å². The predicted molar refractivity (Wildman–Crippen MR) is 102 cm³/mol. The summed E-state index contributed by atoms with van der Waals surface area (Å²) in [5.74, 6) is 1.09. The Kier molecular flexibility index (Phi) is 7.00. The Hall–Kier alpha value is -2.57. The van der Waals surface area contributed by atoms with Crippen molar-refractivity contribution in [3.8, 4) is 5.75 Å². The van der Waals surface area contributed by atoms with Crippen LogP contribution in [0.4, 0.5) is 4.39 Å². The Morgan fingerprint density at radius 2 is 1.96 bits per heavy atom. The molecule has 0 aliphatic carbocycles. The van der Waals surface area contributed by atoms with Crippen LogP contribution in [0.2, 0.25) is 0 Å². The number of rotatable bonds is 7. The second-order valence-electron chi connectivity index (χ2n) is 6.29. The number of nitrogens with zero attached hydrogens (tertiary/aromatic N) is 3. The summed E-state index contributed by atoms with van der Waals surface area (Å²) >= 11 is 0. The van der Waals surface area contributed by atoms with Crippen molar-refractivity contribution in [1.82, 2.24) is 20.4 Å². The van der Waals surface area contributed by atoms with Gasteiger partial charge in [-0.05, 0) is 57.0 Å². The molecule has 0 radical (unpaired) electrons. The minimum absolute atomic E-state index is 0.0816. The number of aliphatic imine (C=N–C) groups is 1. The molecular formula is C19H28FN5O. The van der Waals surface area contributed by atoms with Crippen LogP contribution in [0.5, 0.6) is 5.75 Å². The topological polar surface area (TPSA) is 63.5 Å². The third-order valence-electron chi connectivity index (χ3n) is 4.26. The van der Waals surface area contributed by atoms with Crippen molar-refractivity contribution < 1.29 is 9.13 Å². The highest BCUT2D eigenvalue weighted by Crippen LogP contribution is 2.13. The zero-order valence-corrected chi connectivity index (χ0v) is 16.1. The van der Waals surface area contributed by atoms with Gasteiger partial charge in [0, 0.05) is 26.3 Å². The van der Waals surface area contributed by atoms with Gasteiger partial charge in [-0.15, -0.1) is 0 Å². The first-order valence-electron chi connectivity index (χ1n) is 8.76. The van der Waals surface area contributed by atoms with Gasteiger partial charge in [0.2, 0.25) is 0 Å². The zero-order valence-electron chi connectivity index (χ0n) is 16.1. The number of benzene rings is 1. The predicted octanol–water partition coefficient (Wildman–Crippen LogP) is 2.35. The molecule has 1 aromatic carbocycles. The van der Waals surface area contributed by atoms with E-state index in [-0.39, 0.29) is 11.9 Å². The Bertz CT molecular complexity index is 739. The standard InChI is InChI=1S/C19H28FN5O/c1-13(26-17-8-6-16(20)7-9-17)12-23-19(21-4)22-11-10-18-14(2)24-25(5)15(18)3/h6-9,13H,10-12H2,1-5H3,(H2,21,22,23). The highest BCUT2D eigenvalue weighted by Gasteiger charge is 2.10. The molecule has 0 amide bonds. The second kappa shape index (κ2) is 9.22. The summed E-state index contributed by atoms with van der Waals surface area (Å²) < 4.78 is 20.6. The van der Waals surface area contributed by atoms with Crippen molar-refractivity contribution in [3.05, 3.63) is 47.0 Å². The Morgan fingerprint density at radius 1 is 1.27 bits per heavy atom. The summed E-state index contributed by atoms with van der Waals surface area (Å²) in [6, 6.07) is 6.02. The first kappa shape index (κ1) is 19.8. The number of guanidine groups is 1. The van der Waals surface area contributed by atoms with E-state index in [1.165, 1.54) is 23.4 Å². The Labute approximate surface area is 154 Å². The van der Waals surface area contributed by atoms with E-state index in [0.717, 1.165) is 24.6 Å². The SMILES string of the molecule is CN=C(NCCc1c(C)nn(C)c1C)NCC(C)Oc1ccc(F)cc1. The number of nitrogens with one attached hydrogen (secondary N) is 2. The molecule has 7 heteroatoms. The molecule has 0 aliphatic rings. The lowest BCUT2D eigenvalue weighted by atomic mass is 10.1. The van der Waals surface area contributed by atoms with Crippen LogP contribution in [-0.2, 0) is 13.5 Å². The maximum absolute atomic E-state index is 12.9. The number of hydrogen-bond acceptors (Lipinski definition) is 3. The summed E-state index contributed by atoms with van der Waals surface area (Å²) in [4.78, 5) is 4.23. The molecule has 1 heterocycles. The van der Waals surface area contributed by atoms with Crippen LogP contribution in [0.1, 0.15) is 23.9 Å². The van der Waals surface area contributed by atoms with Crippen molar-refractivity contribution in [2.45, 2.75) is 33.3 Å². The quantitative estimate of drug-likeness (QED) is 0.587. The molecule has 142 valence electrons. The van der Waals surface area contributed by atoms with E-state index in [1.807, 2.05) is 25.6 Å². The highest BCUT2D eigenvalue weighted by atomic mass is 19.1. The number of hydrogen-bond donors (Lipinski definition) is 2. The lowest BCUT2D eigenvalue weighted by molar-refractivity contribution is 0.223. The van der Waals surface area contributed by atoms with Gasteiger partial charge in [-0.1, -0.05) is 0 Å². The fourth-order valence-electron chi connectivity index (χ4n) is 2.73. The number of aromatic nitrogens is 2. The smallest absolute Gasteiger partial charge is 0.191 e. The van der Waals surface area contributed by atoms with Gasteiger partial charge in [-0.3, -0.25) is 9.67 Å². The van der Waals surface area contributed by atoms with E-state index in [4.69, 9.17) is 4.74 Å². The van der Waals surface area contributed by atoms with E-state index < -0.39 is 0 Å². The third kappa shape index (κ3) is 5.47. The molecule has 0 aliphatic heterocycles. The molecule has 1 aromatic heterocycles. The van der Waals surface area contributed by atoms with Crippen LogP contribution < -0.4 is 15.4 Å². The Balaban J connectivity index is 1.75. The molecule has 26 heavy (non-hydrogen) atoms. The molecule has 1 unspecified atom stereocenters. The van der Waals surface area contributed by atoms with E-state index >= 15 is 0 Å². The maximum Gasteiger partial charge on any atom is 0.191 e. The van der Waals surface area contributed by atoms with Crippen LogP contribution in [-0.4, -0.2) is 42.0 Å². The van der Waals surface area contributed by atoms with Gasteiger partial charge < -0.3 is 15.4 Å². The van der Waals surface area contributed by atoms with Crippen LogP contribution >= 0.6 is 0 Å². The summed E-state index contributed by atoms with van der Waals surface area (Å²) in [6.07, 6.45) is 0.801. The summed E-state index contributed by atoms with van der Waals surface area (Å²) in [6.45, 7) is 7.41.